The summed E-state index contributed by atoms with van der Waals surface area (Å²) in [7, 11) is 3.18. The van der Waals surface area contributed by atoms with Gasteiger partial charge in [0.25, 0.3) is 5.91 Å². The van der Waals surface area contributed by atoms with E-state index in [-0.39, 0.29) is 11.4 Å². The second kappa shape index (κ2) is 8.16. The fraction of sp³-hybridized carbons (Fsp3) is 0.182. The van der Waals surface area contributed by atoms with Gasteiger partial charge in [0.15, 0.2) is 17.3 Å². The number of amidine groups is 2. The van der Waals surface area contributed by atoms with Gasteiger partial charge in [-0.15, -0.1) is 0 Å². The number of carbonyl (C=O) groups excluding carboxylic acids is 1. The third-order valence-corrected chi connectivity index (χ3v) is 5.60. The molecule has 0 atom stereocenters. The molecule has 0 unspecified atom stereocenters. The van der Waals surface area contributed by atoms with E-state index in [0.717, 1.165) is 21.7 Å². The average Bonchev–Trinajstić information content (AvgIpc) is 3.14. The summed E-state index contributed by atoms with van der Waals surface area (Å²) in [5.41, 5.74) is 3.17. The number of carbonyl (C=O) groups is 1. The number of fused-ring (bicyclic) bond motifs is 1. The van der Waals surface area contributed by atoms with Crippen LogP contribution in [0, 0.1) is 12.3 Å². The first-order chi connectivity index (χ1) is 14.5. The highest BCUT2D eigenvalue weighted by Gasteiger charge is 2.35. The zero-order valence-corrected chi connectivity index (χ0v) is 17.6. The molecule has 152 valence electrons. The van der Waals surface area contributed by atoms with Crippen molar-refractivity contribution in [2.75, 3.05) is 14.2 Å². The predicted octanol–water partition coefficient (Wildman–Crippen LogP) is 3.87. The number of nitrogens with zero attached hydrogens (tertiary/aromatic N) is 3. The fourth-order valence-corrected chi connectivity index (χ4v) is 4.02. The van der Waals surface area contributed by atoms with Crippen LogP contribution >= 0.6 is 11.8 Å². The van der Waals surface area contributed by atoms with Crippen LogP contribution in [0.25, 0.3) is 6.08 Å². The lowest BCUT2D eigenvalue weighted by Crippen LogP contribution is -2.35. The van der Waals surface area contributed by atoms with E-state index in [0.29, 0.717) is 23.1 Å². The highest BCUT2D eigenvalue weighted by molar-refractivity contribution is 8.26. The van der Waals surface area contributed by atoms with Crippen LogP contribution in [0.4, 0.5) is 0 Å². The Balaban J connectivity index is 1.57. The molecule has 0 aliphatic carbocycles. The van der Waals surface area contributed by atoms with Crippen molar-refractivity contribution < 1.29 is 14.3 Å². The van der Waals surface area contributed by atoms with E-state index in [2.05, 4.69) is 10.1 Å². The molecule has 0 radical (unpaired) electrons. The van der Waals surface area contributed by atoms with Gasteiger partial charge in [0.2, 0.25) is 5.17 Å². The summed E-state index contributed by atoms with van der Waals surface area (Å²) >= 11 is 1.30. The molecule has 0 saturated heterocycles. The van der Waals surface area contributed by atoms with Crippen LogP contribution in [-0.4, -0.2) is 41.2 Å². The van der Waals surface area contributed by atoms with Gasteiger partial charge in [0.05, 0.1) is 19.8 Å². The van der Waals surface area contributed by atoms with Gasteiger partial charge in [0, 0.05) is 6.42 Å². The largest absolute Gasteiger partial charge is 0.493 e. The molecule has 4 rings (SSSR count). The maximum absolute atomic E-state index is 12.5. The maximum atomic E-state index is 12.5. The number of ether oxygens (including phenoxy) is 2. The van der Waals surface area contributed by atoms with Crippen molar-refractivity contribution in [3.05, 3.63) is 64.7 Å². The summed E-state index contributed by atoms with van der Waals surface area (Å²) in [6.07, 6.45) is 2.20. The highest BCUT2D eigenvalue weighted by Crippen LogP contribution is 2.32. The highest BCUT2D eigenvalue weighted by atomic mass is 32.2. The van der Waals surface area contributed by atoms with Crippen LogP contribution < -0.4 is 9.47 Å². The van der Waals surface area contributed by atoms with Gasteiger partial charge in [0.1, 0.15) is 5.04 Å². The number of aliphatic imine (C=N–C) groups is 1. The summed E-state index contributed by atoms with van der Waals surface area (Å²) in [6.45, 7) is 2.00. The van der Waals surface area contributed by atoms with E-state index in [4.69, 9.17) is 14.9 Å². The van der Waals surface area contributed by atoms with E-state index in [1.807, 2.05) is 49.4 Å². The Bertz CT molecular complexity index is 1120. The van der Waals surface area contributed by atoms with Gasteiger partial charge < -0.3 is 9.47 Å². The van der Waals surface area contributed by atoms with Crippen LogP contribution in [0.5, 0.6) is 11.5 Å². The minimum atomic E-state index is -0.429. The second-order valence-electron chi connectivity index (χ2n) is 6.79. The van der Waals surface area contributed by atoms with Crippen LogP contribution in [-0.2, 0) is 11.2 Å². The molecule has 0 fully saturated rings. The van der Waals surface area contributed by atoms with Gasteiger partial charge in [-0.2, -0.15) is 15.1 Å². The standard InChI is InChI=1S/C22H20N4O3S/c1-13-4-6-14(7-5-13)10-16-20(23)26-22(24-21(16)27)30-19(25-26)12-15-8-9-17(28-2)18(11-15)29-3/h4-11,23H,12H2,1-3H3/b16-10-,23-20?. The molecule has 0 aromatic heterocycles. The number of aryl methyl sites for hydroxylation is 1. The zero-order chi connectivity index (χ0) is 21.3. The van der Waals surface area contributed by atoms with E-state index < -0.39 is 5.91 Å². The van der Waals surface area contributed by atoms with Crippen molar-refractivity contribution in [2.45, 2.75) is 13.3 Å². The first-order valence-electron chi connectivity index (χ1n) is 9.25. The third-order valence-electron chi connectivity index (χ3n) is 4.69. The lowest BCUT2D eigenvalue weighted by atomic mass is 10.1. The molecule has 2 aromatic rings. The zero-order valence-electron chi connectivity index (χ0n) is 16.8. The van der Waals surface area contributed by atoms with Crippen LogP contribution in [0.2, 0.25) is 0 Å². The van der Waals surface area contributed by atoms with Crippen molar-refractivity contribution in [3.63, 3.8) is 0 Å². The van der Waals surface area contributed by atoms with Crippen LogP contribution in [0.15, 0.2) is 58.1 Å². The van der Waals surface area contributed by atoms with E-state index >= 15 is 0 Å². The maximum Gasteiger partial charge on any atom is 0.283 e. The molecule has 2 aliphatic rings. The average molecular weight is 420 g/mol. The van der Waals surface area contributed by atoms with Crippen LogP contribution in [0.1, 0.15) is 16.7 Å². The van der Waals surface area contributed by atoms with Gasteiger partial charge in [-0.05, 0) is 48.0 Å². The molecule has 8 heteroatoms. The summed E-state index contributed by atoms with van der Waals surface area (Å²) in [5, 5.41) is 15.6. The Labute approximate surface area is 178 Å². The molecule has 7 nitrogen and oxygen atoms in total. The Kier molecular flexibility index (Phi) is 5.41. The van der Waals surface area contributed by atoms with Gasteiger partial charge >= 0.3 is 0 Å². The molecule has 2 aliphatic heterocycles. The molecule has 0 spiro atoms. The molecule has 1 N–H and O–H groups in total. The number of rotatable bonds is 5. The molecular weight excluding hydrogens is 400 g/mol. The van der Waals surface area contributed by atoms with Gasteiger partial charge in [-0.1, -0.05) is 35.9 Å². The minimum absolute atomic E-state index is 0.0281. The second-order valence-corrected chi connectivity index (χ2v) is 7.83. The number of nitrogens with one attached hydrogen (secondary N) is 1. The number of methoxy groups -OCH3 is 2. The Hall–Kier alpha value is -3.39. The first-order valence-corrected chi connectivity index (χ1v) is 10.1. The molecule has 30 heavy (non-hydrogen) atoms. The monoisotopic (exact) mass is 420 g/mol. The van der Waals surface area contributed by atoms with Crippen molar-refractivity contribution in [1.29, 1.82) is 5.41 Å². The van der Waals surface area contributed by atoms with Crippen LogP contribution in [0.3, 0.4) is 0 Å². The number of amides is 1. The minimum Gasteiger partial charge on any atom is -0.493 e. The third kappa shape index (κ3) is 3.86. The van der Waals surface area contributed by atoms with Crippen molar-refractivity contribution in [2.24, 2.45) is 10.1 Å². The predicted molar refractivity (Wildman–Crippen MR) is 119 cm³/mol. The van der Waals surface area contributed by atoms with Gasteiger partial charge in [-0.3, -0.25) is 10.2 Å². The SMILES string of the molecule is COc1ccc(CC2=NN3C(=N)/C(=C/c4ccc(C)cc4)C(=O)N=C3S2)cc1OC. The normalized spacial score (nSPS) is 17.0. The first kappa shape index (κ1) is 19.9. The van der Waals surface area contributed by atoms with Crippen molar-refractivity contribution in [1.82, 2.24) is 5.01 Å². The molecular formula is C22H20N4O3S. The van der Waals surface area contributed by atoms with E-state index in [9.17, 15) is 4.79 Å². The molecule has 0 bridgehead atoms. The summed E-state index contributed by atoms with van der Waals surface area (Å²) in [4.78, 5) is 16.7. The van der Waals surface area contributed by atoms with Gasteiger partial charge in [-0.25, -0.2) is 0 Å². The van der Waals surface area contributed by atoms with E-state index in [1.165, 1.54) is 16.8 Å². The quantitative estimate of drug-likeness (QED) is 0.742. The fourth-order valence-electron chi connectivity index (χ4n) is 3.10. The number of thioether (sulfide) groups is 1. The van der Waals surface area contributed by atoms with Crippen molar-refractivity contribution >= 4 is 39.8 Å². The number of benzene rings is 2. The molecule has 1 amide bonds. The Morgan fingerprint density at radius 2 is 1.83 bits per heavy atom. The lowest BCUT2D eigenvalue weighted by Gasteiger charge is -2.20. The summed E-state index contributed by atoms with van der Waals surface area (Å²) < 4.78 is 10.6. The topological polar surface area (TPSA) is 87.3 Å². The number of hydrazone groups is 1. The van der Waals surface area contributed by atoms with E-state index in [1.54, 1.807) is 20.3 Å². The summed E-state index contributed by atoms with van der Waals surface area (Å²) in [6, 6.07) is 13.4. The summed E-state index contributed by atoms with van der Waals surface area (Å²) in [5.74, 6) is 0.893. The smallest absolute Gasteiger partial charge is 0.283 e. The lowest BCUT2D eigenvalue weighted by molar-refractivity contribution is -0.114. The molecule has 0 saturated carbocycles. The number of hydrogen-bond acceptors (Lipinski definition) is 6. The molecule has 2 aromatic carbocycles. The van der Waals surface area contributed by atoms with Crippen molar-refractivity contribution in [3.8, 4) is 11.5 Å². The Morgan fingerprint density at radius 1 is 1.10 bits per heavy atom. The molecule has 2 heterocycles. The Morgan fingerprint density at radius 3 is 2.53 bits per heavy atom. The number of hydrogen-bond donors (Lipinski definition) is 1.